The minimum absolute atomic E-state index is 0.130. The van der Waals surface area contributed by atoms with E-state index in [1.807, 2.05) is 23.7 Å². The Hall–Kier alpha value is -2.80. The van der Waals surface area contributed by atoms with Gasteiger partial charge in [-0.2, -0.15) is 5.10 Å². The Morgan fingerprint density at radius 2 is 2.04 bits per heavy atom. The van der Waals surface area contributed by atoms with Crippen LogP contribution in [0.4, 0.5) is 5.82 Å². The summed E-state index contributed by atoms with van der Waals surface area (Å²) in [4.78, 5) is 13.2. The van der Waals surface area contributed by atoms with Crippen LogP contribution in [0, 0.1) is 6.92 Å². The number of anilines is 1. The Balaban J connectivity index is 1.64. The van der Waals surface area contributed by atoms with E-state index in [0.29, 0.717) is 0 Å². The zero-order valence-corrected chi connectivity index (χ0v) is 14.6. The average Bonchev–Trinajstić information content (AvgIpc) is 3.30. The Morgan fingerprint density at radius 1 is 1.16 bits per heavy atom. The summed E-state index contributed by atoms with van der Waals surface area (Å²) in [5.74, 6) is 1.67. The highest BCUT2D eigenvalue weighted by Gasteiger charge is 2.15. The number of aromatic nitrogens is 5. The molecule has 3 aromatic heterocycles. The number of fused-ring (bicyclic) bond motifs is 1. The monoisotopic (exact) mass is 350 g/mol. The SMILES string of the molecule is Cc1nc(NC(CCn2cncn2)c2ccccc2)c2sccc2n1. The number of nitrogens with zero attached hydrogens (tertiary/aromatic N) is 5. The van der Waals surface area contributed by atoms with Crippen molar-refractivity contribution in [3.05, 3.63) is 65.8 Å². The molecule has 3 heterocycles. The van der Waals surface area contributed by atoms with Gasteiger partial charge in [0.25, 0.3) is 0 Å². The van der Waals surface area contributed by atoms with Gasteiger partial charge in [0.1, 0.15) is 24.3 Å². The van der Waals surface area contributed by atoms with Gasteiger partial charge in [0.05, 0.1) is 16.3 Å². The molecule has 4 rings (SSSR count). The van der Waals surface area contributed by atoms with Crippen LogP contribution in [0.1, 0.15) is 23.9 Å². The molecule has 0 aliphatic carbocycles. The molecule has 1 N–H and O–H groups in total. The summed E-state index contributed by atoms with van der Waals surface area (Å²) in [7, 11) is 0. The van der Waals surface area contributed by atoms with Crippen LogP contribution in [0.2, 0.25) is 0 Å². The molecule has 0 bridgehead atoms. The number of hydrogen-bond acceptors (Lipinski definition) is 6. The van der Waals surface area contributed by atoms with E-state index < -0.39 is 0 Å². The lowest BCUT2D eigenvalue weighted by atomic mass is 10.0. The molecule has 0 saturated carbocycles. The second-order valence-electron chi connectivity index (χ2n) is 5.81. The van der Waals surface area contributed by atoms with Gasteiger partial charge in [-0.15, -0.1) is 11.3 Å². The Bertz CT molecular complexity index is 948. The highest BCUT2D eigenvalue weighted by Crippen LogP contribution is 2.30. The van der Waals surface area contributed by atoms with Gasteiger partial charge in [0, 0.05) is 6.54 Å². The van der Waals surface area contributed by atoms with Gasteiger partial charge >= 0.3 is 0 Å². The summed E-state index contributed by atoms with van der Waals surface area (Å²) in [6, 6.07) is 12.6. The lowest BCUT2D eigenvalue weighted by Crippen LogP contribution is -2.15. The Kier molecular flexibility index (Phi) is 4.39. The standard InChI is InChI=1S/C18H18N6S/c1-13-21-16-8-10-25-17(16)18(22-13)23-15(14-5-3-2-4-6-14)7-9-24-12-19-11-20-24/h2-6,8,10-12,15H,7,9H2,1H3,(H,21,22,23). The number of hydrogen-bond donors (Lipinski definition) is 1. The van der Waals surface area contributed by atoms with Crippen LogP contribution in [0.3, 0.4) is 0 Å². The van der Waals surface area contributed by atoms with Gasteiger partial charge in [-0.1, -0.05) is 30.3 Å². The van der Waals surface area contributed by atoms with E-state index in [9.17, 15) is 0 Å². The number of thiophene rings is 1. The molecule has 7 heteroatoms. The fourth-order valence-electron chi connectivity index (χ4n) is 2.86. The molecule has 0 spiro atoms. The summed E-state index contributed by atoms with van der Waals surface area (Å²) in [5.41, 5.74) is 2.21. The molecule has 126 valence electrons. The number of aryl methyl sites for hydroxylation is 2. The molecular formula is C18H18N6S. The van der Waals surface area contributed by atoms with Crippen molar-refractivity contribution in [2.24, 2.45) is 0 Å². The van der Waals surface area contributed by atoms with Gasteiger partial charge in [0.2, 0.25) is 0 Å². The van der Waals surface area contributed by atoms with E-state index in [1.165, 1.54) is 5.56 Å². The lowest BCUT2D eigenvalue weighted by molar-refractivity contribution is 0.537. The quantitative estimate of drug-likeness (QED) is 0.572. The van der Waals surface area contributed by atoms with Crippen LogP contribution in [0.5, 0.6) is 0 Å². The van der Waals surface area contributed by atoms with Crippen LogP contribution in [-0.2, 0) is 6.54 Å². The molecule has 1 atom stereocenters. The number of rotatable bonds is 6. The predicted octanol–water partition coefficient (Wildman–Crippen LogP) is 3.83. The molecule has 0 aliphatic heterocycles. The molecule has 25 heavy (non-hydrogen) atoms. The van der Waals surface area contributed by atoms with Crippen molar-refractivity contribution in [1.82, 2.24) is 24.7 Å². The highest BCUT2D eigenvalue weighted by atomic mass is 32.1. The summed E-state index contributed by atoms with van der Waals surface area (Å²) in [6.07, 6.45) is 4.19. The van der Waals surface area contributed by atoms with E-state index >= 15 is 0 Å². The van der Waals surface area contributed by atoms with Crippen LogP contribution < -0.4 is 5.32 Å². The van der Waals surface area contributed by atoms with E-state index in [4.69, 9.17) is 0 Å². The third kappa shape index (κ3) is 3.51. The minimum atomic E-state index is 0.130. The third-order valence-electron chi connectivity index (χ3n) is 4.04. The van der Waals surface area contributed by atoms with Crippen LogP contribution in [0.25, 0.3) is 10.2 Å². The largest absolute Gasteiger partial charge is 0.362 e. The molecule has 0 amide bonds. The number of nitrogens with one attached hydrogen (secondary N) is 1. The topological polar surface area (TPSA) is 68.5 Å². The van der Waals surface area contributed by atoms with Crippen molar-refractivity contribution >= 4 is 27.4 Å². The zero-order chi connectivity index (χ0) is 17.1. The molecule has 1 unspecified atom stereocenters. The molecular weight excluding hydrogens is 332 g/mol. The van der Waals surface area contributed by atoms with Gasteiger partial charge in [-0.25, -0.2) is 15.0 Å². The summed E-state index contributed by atoms with van der Waals surface area (Å²) in [6.45, 7) is 2.71. The summed E-state index contributed by atoms with van der Waals surface area (Å²) in [5, 5.41) is 9.88. The van der Waals surface area contributed by atoms with Gasteiger partial charge in [-0.3, -0.25) is 4.68 Å². The molecule has 0 radical (unpaired) electrons. The molecule has 0 aliphatic rings. The first kappa shape index (κ1) is 15.7. The van der Waals surface area contributed by atoms with Gasteiger partial charge in [-0.05, 0) is 30.4 Å². The van der Waals surface area contributed by atoms with E-state index in [0.717, 1.165) is 34.8 Å². The fourth-order valence-corrected chi connectivity index (χ4v) is 3.64. The lowest BCUT2D eigenvalue weighted by Gasteiger charge is -2.20. The summed E-state index contributed by atoms with van der Waals surface area (Å²) >= 11 is 1.66. The Labute approximate surface area is 149 Å². The average molecular weight is 350 g/mol. The molecule has 0 saturated heterocycles. The van der Waals surface area contributed by atoms with Crippen molar-refractivity contribution in [2.75, 3.05) is 5.32 Å². The van der Waals surface area contributed by atoms with Crippen LogP contribution in [-0.4, -0.2) is 24.7 Å². The van der Waals surface area contributed by atoms with Crippen molar-refractivity contribution in [2.45, 2.75) is 25.9 Å². The minimum Gasteiger partial charge on any atom is -0.362 e. The first-order valence-corrected chi connectivity index (χ1v) is 9.03. The zero-order valence-electron chi connectivity index (χ0n) is 13.8. The predicted molar refractivity (Wildman–Crippen MR) is 99.6 cm³/mol. The van der Waals surface area contributed by atoms with Crippen LogP contribution in [0.15, 0.2) is 54.4 Å². The fraction of sp³-hybridized carbons (Fsp3) is 0.222. The maximum Gasteiger partial charge on any atom is 0.148 e. The molecule has 1 aromatic carbocycles. The first-order chi connectivity index (χ1) is 12.3. The van der Waals surface area contributed by atoms with E-state index in [-0.39, 0.29) is 6.04 Å². The Morgan fingerprint density at radius 3 is 2.84 bits per heavy atom. The van der Waals surface area contributed by atoms with Crippen LogP contribution >= 0.6 is 11.3 Å². The molecule has 4 aromatic rings. The van der Waals surface area contributed by atoms with Crippen molar-refractivity contribution in [3.63, 3.8) is 0 Å². The van der Waals surface area contributed by atoms with Gasteiger partial charge in [0.15, 0.2) is 0 Å². The van der Waals surface area contributed by atoms with Gasteiger partial charge < -0.3 is 5.32 Å². The van der Waals surface area contributed by atoms with Crippen molar-refractivity contribution < 1.29 is 0 Å². The third-order valence-corrected chi connectivity index (χ3v) is 4.95. The summed E-state index contributed by atoms with van der Waals surface area (Å²) < 4.78 is 2.94. The highest BCUT2D eigenvalue weighted by molar-refractivity contribution is 7.17. The van der Waals surface area contributed by atoms with E-state index in [2.05, 4.69) is 55.0 Å². The number of benzene rings is 1. The smallest absolute Gasteiger partial charge is 0.148 e. The maximum atomic E-state index is 4.64. The second-order valence-corrected chi connectivity index (χ2v) is 6.73. The molecule has 0 fully saturated rings. The molecule has 6 nitrogen and oxygen atoms in total. The van der Waals surface area contributed by atoms with E-state index in [1.54, 1.807) is 24.0 Å². The van der Waals surface area contributed by atoms with Crippen molar-refractivity contribution in [1.29, 1.82) is 0 Å². The normalized spacial score (nSPS) is 12.4. The second kappa shape index (κ2) is 6.98. The van der Waals surface area contributed by atoms with Crippen molar-refractivity contribution in [3.8, 4) is 0 Å². The maximum absolute atomic E-state index is 4.64. The first-order valence-electron chi connectivity index (χ1n) is 8.15.